The third-order valence-electron chi connectivity index (χ3n) is 4.69. The van der Waals surface area contributed by atoms with E-state index < -0.39 is 12.0 Å². The van der Waals surface area contributed by atoms with Crippen LogP contribution in [0.3, 0.4) is 0 Å². The Morgan fingerprint density at radius 3 is 2.77 bits per heavy atom. The zero-order valence-corrected chi connectivity index (χ0v) is 15.1. The minimum Gasteiger partial charge on any atom is -0.461 e. The van der Waals surface area contributed by atoms with Crippen LogP contribution in [0.1, 0.15) is 32.6 Å². The number of rotatable bonds is 6. The van der Waals surface area contributed by atoms with Gasteiger partial charge in [0.25, 0.3) is 0 Å². The number of anilines is 1. The van der Waals surface area contributed by atoms with E-state index in [4.69, 9.17) is 4.74 Å². The molecule has 0 saturated carbocycles. The topological polar surface area (TPSA) is 71.0 Å². The summed E-state index contributed by atoms with van der Waals surface area (Å²) in [7, 11) is 0. The van der Waals surface area contributed by atoms with E-state index in [-0.39, 0.29) is 24.6 Å². The highest BCUT2D eigenvalue weighted by molar-refractivity contribution is 6.38. The first-order valence-electron chi connectivity index (χ1n) is 9.20. The number of nitrogens with zero attached hydrogens (tertiary/aromatic N) is 2. The first-order chi connectivity index (χ1) is 12.7. The minimum absolute atomic E-state index is 0.105. The number of amides is 1. The molecule has 6 nitrogen and oxygen atoms in total. The van der Waals surface area contributed by atoms with E-state index in [9.17, 15) is 9.59 Å². The molecule has 2 atom stereocenters. The molecule has 0 bridgehead atoms. The lowest BCUT2D eigenvalue weighted by molar-refractivity contribution is -0.135. The van der Waals surface area contributed by atoms with Gasteiger partial charge in [-0.15, -0.1) is 0 Å². The highest BCUT2D eigenvalue weighted by atomic mass is 16.5. The molecule has 0 radical (unpaired) electrons. The number of carbonyl (C=O) groups excluding carboxylic acids is 2. The molecule has 1 aromatic carbocycles. The van der Waals surface area contributed by atoms with Crippen LogP contribution in [0, 0.1) is 5.92 Å². The Morgan fingerprint density at radius 2 is 2.08 bits per heavy atom. The van der Waals surface area contributed by atoms with Crippen LogP contribution in [-0.4, -0.2) is 36.8 Å². The summed E-state index contributed by atoms with van der Waals surface area (Å²) in [5.41, 5.74) is 1.07. The second-order valence-electron chi connectivity index (χ2n) is 6.56. The Hall–Kier alpha value is -2.63. The van der Waals surface area contributed by atoms with E-state index in [1.165, 1.54) is 0 Å². The Morgan fingerprint density at radius 1 is 1.27 bits per heavy atom. The van der Waals surface area contributed by atoms with E-state index in [1.54, 1.807) is 11.9 Å². The molecule has 1 aliphatic carbocycles. The standard InChI is InChI=1S/C20H25N3O3/c1-2-26-20(25)17-13-18(23(22-17)16-11-7-4-8-12-16)19(24)21-14-15-9-5-3-6-10-15/h3-5,7-8,11-12,15,18H,2,6,9-10,13-14H2,1H3,(H,21,24)/t15-,18+/m1/s1. The monoisotopic (exact) mass is 355 g/mol. The number of allylic oxidation sites excluding steroid dienone is 2. The highest BCUT2D eigenvalue weighted by Crippen LogP contribution is 2.25. The highest BCUT2D eigenvalue weighted by Gasteiger charge is 2.36. The molecule has 0 spiro atoms. The number of carbonyl (C=O) groups is 2. The number of para-hydroxylation sites is 1. The molecule has 0 aromatic heterocycles. The van der Waals surface area contributed by atoms with Gasteiger partial charge in [-0.3, -0.25) is 9.80 Å². The molecule has 1 heterocycles. The van der Waals surface area contributed by atoms with Crippen molar-refractivity contribution in [2.24, 2.45) is 11.0 Å². The van der Waals surface area contributed by atoms with Crippen molar-refractivity contribution in [3.8, 4) is 0 Å². The number of esters is 1. The van der Waals surface area contributed by atoms with E-state index in [1.807, 2.05) is 30.3 Å². The van der Waals surface area contributed by atoms with Crippen LogP contribution >= 0.6 is 0 Å². The molecule has 0 unspecified atom stereocenters. The number of hydrazone groups is 1. The third kappa shape index (κ3) is 4.31. The number of benzene rings is 1. The maximum atomic E-state index is 12.8. The molecule has 6 heteroatoms. The van der Waals surface area contributed by atoms with Crippen molar-refractivity contribution in [1.29, 1.82) is 0 Å². The predicted molar refractivity (Wildman–Crippen MR) is 101 cm³/mol. The van der Waals surface area contributed by atoms with Crippen molar-refractivity contribution in [3.05, 3.63) is 42.5 Å². The van der Waals surface area contributed by atoms with Crippen molar-refractivity contribution in [2.45, 2.75) is 38.6 Å². The second kappa shape index (κ2) is 8.65. The van der Waals surface area contributed by atoms with Crippen LogP contribution in [0.2, 0.25) is 0 Å². The zero-order valence-electron chi connectivity index (χ0n) is 15.1. The van der Waals surface area contributed by atoms with Gasteiger partial charge >= 0.3 is 5.97 Å². The Kier molecular flexibility index (Phi) is 6.04. The third-order valence-corrected chi connectivity index (χ3v) is 4.69. The van der Waals surface area contributed by atoms with E-state index in [0.717, 1.165) is 24.9 Å². The van der Waals surface area contributed by atoms with Crippen LogP contribution in [0.4, 0.5) is 5.69 Å². The summed E-state index contributed by atoms with van der Waals surface area (Å²) in [6, 6.07) is 8.90. The number of nitrogens with one attached hydrogen (secondary N) is 1. The van der Waals surface area contributed by atoms with Crippen LogP contribution in [0.5, 0.6) is 0 Å². The van der Waals surface area contributed by atoms with Crippen LogP contribution in [0.15, 0.2) is 47.6 Å². The summed E-state index contributed by atoms with van der Waals surface area (Å²) in [4.78, 5) is 24.9. The minimum atomic E-state index is -0.532. The van der Waals surface area contributed by atoms with Crippen LogP contribution in [0.25, 0.3) is 0 Å². The van der Waals surface area contributed by atoms with Gasteiger partial charge in [-0.05, 0) is 44.2 Å². The van der Waals surface area contributed by atoms with Gasteiger partial charge in [-0.1, -0.05) is 30.4 Å². The van der Waals surface area contributed by atoms with Gasteiger partial charge in [0.2, 0.25) is 5.91 Å². The van der Waals surface area contributed by atoms with Crippen molar-refractivity contribution < 1.29 is 14.3 Å². The molecule has 2 aliphatic rings. The maximum absolute atomic E-state index is 12.8. The number of hydrogen-bond acceptors (Lipinski definition) is 5. The fourth-order valence-corrected chi connectivity index (χ4v) is 3.28. The molecule has 0 fully saturated rings. The molecule has 1 amide bonds. The van der Waals surface area contributed by atoms with Crippen molar-refractivity contribution in [3.63, 3.8) is 0 Å². The van der Waals surface area contributed by atoms with Gasteiger partial charge < -0.3 is 10.1 Å². The Labute approximate surface area is 153 Å². The fourth-order valence-electron chi connectivity index (χ4n) is 3.28. The Balaban J connectivity index is 1.70. The van der Waals surface area contributed by atoms with Gasteiger partial charge in [0, 0.05) is 13.0 Å². The quantitative estimate of drug-likeness (QED) is 0.629. The smallest absolute Gasteiger partial charge is 0.354 e. The SMILES string of the molecule is CCOC(=O)C1=NN(c2ccccc2)[C@H](C(=O)NC[C@@H]2CC=CCC2)C1. The van der Waals surface area contributed by atoms with Crippen molar-refractivity contribution >= 4 is 23.3 Å². The van der Waals surface area contributed by atoms with Gasteiger partial charge in [0.1, 0.15) is 11.8 Å². The molecule has 3 rings (SSSR count). The first kappa shape index (κ1) is 18.2. The molecule has 138 valence electrons. The van der Waals surface area contributed by atoms with Gasteiger partial charge in [0.05, 0.1) is 12.3 Å². The lowest BCUT2D eigenvalue weighted by atomic mass is 9.94. The van der Waals surface area contributed by atoms with Crippen LogP contribution in [-0.2, 0) is 14.3 Å². The summed E-state index contributed by atoms with van der Waals surface area (Å²) >= 11 is 0. The molecule has 1 aliphatic heterocycles. The lowest BCUT2D eigenvalue weighted by Crippen LogP contribution is -2.44. The average molecular weight is 355 g/mol. The molecule has 1 N–H and O–H groups in total. The van der Waals surface area contributed by atoms with Crippen molar-refractivity contribution in [1.82, 2.24) is 5.32 Å². The van der Waals surface area contributed by atoms with E-state index in [0.29, 0.717) is 12.5 Å². The zero-order chi connectivity index (χ0) is 18.4. The molecule has 1 aromatic rings. The van der Waals surface area contributed by atoms with E-state index >= 15 is 0 Å². The summed E-state index contributed by atoms with van der Waals surface area (Å²) < 4.78 is 5.06. The second-order valence-corrected chi connectivity index (χ2v) is 6.56. The number of hydrogen-bond donors (Lipinski definition) is 1. The fraction of sp³-hybridized carbons (Fsp3) is 0.450. The molecular weight excluding hydrogens is 330 g/mol. The van der Waals surface area contributed by atoms with Gasteiger partial charge in [0.15, 0.2) is 0 Å². The summed E-state index contributed by atoms with van der Waals surface area (Å²) in [6.45, 7) is 2.69. The molecular formula is C20H25N3O3. The maximum Gasteiger partial charge on any atom is 0.354 e. The molecule has 26 heavy (non-hydrogen) atoms. The predicted octanol–water partition coefficient (Wildman–Crippen LogP) is 2.66. The summed E-state index contributed by atoms with van der Waals surface area (Å²) in [5, 5.41) is 9.05. The van der Waals surface area contributed by atoms with Crippen LogP contribution < -0.4 is 10.3 Å². The largest absolute Gasteiger partial charge is 0.461 e. The molecule has 0 saturated heterocycles. The van der Waals surface area contributed by atoms with Crippen molar-refractivity contribution in [2.75, 3.05) is 18.2 Å². The van der Waals surface area contributed by atoms with Gasteiger partial charge in [-0.25, -0.2) is 4.79 Å². The van der Waals surface area contributed by atoms with Gasteiger partial charge in [-0.2, -0.15) is 5.10 Å². The summed E-state index contributed by atoms with van der Waals surface area (Å²) in [6.07, 6.45) is 7.77. The number of ether oxygens (including phenoxy) is 1. The first-order valence-corrected chi connectivity index (χ1v) is 9.20. The lowest BCUT2D eigenvalue weighted by Gasteiger charge is -2.24. The Bertz CT molecular complexity index is 700. The normalized spacial score (nSPS) is 22.0. The van der Waals surface area contributed by atoms with E-state index in [2.05, 4.69) is 22.6 Å². The summed E-state index contributed by atoms with van der Waals surface area (Å²) in [5.74, 6) is -0.0893. The average Bonchev–Trinajstić information content (AvgIpc) is 3.13.